The van der Waals surface area contributed by atoms with Gasteiger partial charge in [-0.25, -0.2) is 17.9 Å². The Morgan fingerprint density at radius 3 is 2.36 bits per heavy atom. The van der Waals surface area contributed by atoms with Crippen LogP contribution in [0.4, 0.5) is 5.69 Å². The summed E-state index contributed by atoms with van der Waals surface area (Å²) in [5.74, 6) is -1.14. The van der Waals surface area contributed by atoms with Gasteiger partial charge in [0.1, 0.15) is 0 Å². The summed E-state index contributed by atoms with van der Waals surface area (Å²) in [7, 11) is -2.52. The summed E-state index contributed by atoms with van der Waals surface area (Å²) in [4.78, 5) is 22.3. The number of aromatic nitrogens is 2. The first-order valence-electron chi connectivity index (χ1n) is 8.02. The maximum absolute atomic E-state index is 12.7. The summed E-state index contributed by atoms with van der Waals surface area (Å²) in [6.45, 7) is 0. The third-order valence-electron chi connectivity index (χ3n) is 3.92. The van der Waals surface area contributed by atoms with Crippen LogP contribution in [0.3, 0.4) is 0 Å². The number of hydrogen-bond acceptors (Lipinski definition) is 7. The van der Waals surface area contributed by atoms with E-state index in [-0.39, 0.29) is 22.0 Å². The molecule has 10 heteroatoms. The summed E-state index contributed by atoms with van der Waals surface area (Å²) < 4.78 is 31.4. The van der Waals surface area contributed by atoms with Gasteiger partial charge in [-0.2, -0.15) is 5.10 Å². The van der Waals surface area contributed by atoms with Crippen molar-refractivity contribution in [3.05, 3.63) is 82.2 Å². The highest BCUT2D eigenvalue weighted by Gasteiger charge is 2.22. The number of methoxy groups -OCH3 is 1. The number of rotatable bonds is 6. The Hall–Kier alpha value is -3.53. The van der Waals surface area contributed by atoms with Crippen molar-refractivity contribution in [2.24, 2.45) is 0 Å². The molecule has 0 aliphatic carbocycles. The summed E-state index contributed by atoms with van der Waals surface area (Å²) in [6, 6.07) is 14.6. The third-order valence-corrected chi connectivity index (χ3v) is 5.59. The number of nitro groups is 1. The molecule has 1 aromatic heterocycles. The number of nitrogens with zero attached hydrogens (tertiary/aromatic N) is 3. The number of non-ortho nitro benzene ring substituents is 1. The van der Waals surface area contributed by atoms with Crippen molar-refractivity contribution in [3.8, 4) is 5.69 Å². The molecule has 28 heavy (non-hydrogen) atoms. The van der Waals surface area contributed by atoms with Crippen LogP contribution in [-0.2, 0) is 20.3 Å². The lowest BCUT2D eigenvalue weighted by atomic mass is 10.3. The van der Waals surface area contributed by atoms with Crippen molar-refractivity contribution >= 4 is 21.5 Å². The first kappa shape index (κ1) is 19.2. The molecule has 0 spiro atoms. The highest BCUT2D eigenvalue weighted by Crippen LogP contribution is 2.22. The molecule has 0 N–H and O–H groups in total. The molecule has 144 valence electrons. The number of nitro benzene ring substituents is 1. The Kier molecular flexibility index (Phi) is 5.23. The predicted octanol–water partition coefficient (Wildman–Crippen LogP) is 2.54. The van der Waals surface area contributed by atoms with Gasteiger partial charge >= 0.3 is 5.97 Å². The van der Waals surface area contributed by atoms with E-state index in [0.29, 0.717) is 5.69 Å². The molecule has 0 atom stereocenters. The average Bonchev–Trinajstić information content (AvgIpc) is 3.11. The van der Waals surface area contributed by atoms with Crippen molar-refractivity contribution < 1.29 is 22.9 Å². The fourth-order valence-electron chi connectivity index (χ4n) is 2.57. The summed E-state index contributed by atoms with van der Waals surface area (Å²) in [5.41, 5.74) is 0.402. The van der Waals surface area contributed by atoms with Gasteiger partial charge < -0.3 is 4.74 Å². The third kappa shape index (κ3) is 3.91. The van der Waals surface area contributed by atoms with E-state index in [1.165, 1.54) is 54.3 Å². The van der Waals surface area contributed by atoms with E-state index >= 15 is 0 Å². The molecule has 0 saturated carbocycles. The fraction of sp³-hybridized carbons (Fsp3) is 0.111. The Labute approximate surface area is 160 Å². The van der Waals surface area contributed by atoms with Gasteiger partial charge in [0.2, 0.25) is 0 Å². The van der Waals surface area contributed by atoms with Crippen LogP contribution in [0.5, 0.6) is 0 Å². The number of carbonyl (C=O) groups is 1. The van der Waals surface area contributed by atoms with Crippen LogP contribution in [0, 0.1) is 10.1 Å². The Morgan fingerprint density at radius 2 is 1.79 bits per heavy atom. The second-order valence-corrected chi connectivity index (χ2v) is 7.76. The molecule has 0 saturated heterocycles. The van der Waals surface area contributed by atoms with Gasteiger partial charge in [0.25, 0.3) is 5.69 Å². The quantitative estimate of drug-likeness (QED) is 0.353. The smallest absolute Gasteiger partial charge is 0.358 e. The number of benzene rings is 2. The monoisotopic (exact) mass is 401 g/mol. The number of hydrogen-bond donors (Lipinski definition) is 0. The Balaban J connectivity index is 2.06. The van der Waals surface area contributed by atoms with E-state index < -0.39 is 26.5 Å². The SMILES string of the molecule is COC(=O)c1cc(CS(=O)(=O)c2ccccc2)n(-c2ccc([N+](=O)[O-])cc2)n1. The second kappa shape index (κ2) is 7.61. The van der Waals surface area contributed by atoms with Crippen LogP contribution in [0.15, 0.2) is 65.6 Å². The van der Waals surface area contributed by atoms with Gasteiger partial charge in [0.15, 0.2) is 15.5 Å². The molecule has 0 aliphatic rings. The lowest BCUT2D eigenvalue weighted by molar-refractivity contribution is -0.384. The zero-order valence-electron chi connectivity index (χ0n) is 14.7. The highest BCUT2D eigenvalue weighted by molar-refractivity contribution is 7.90. The van der Waals surface area contributed by atoms with Crippen molar-refractivity contribution in [3.63, 3.8) is 0 Å². The van der Waals surface area contributed by atoms with E-state index in [1.54, 1.807) is 18.2 Å². The number of ether oxygens (including phenoxy) is 1. The van der Waals surface area contributed by atoms with Crippen LogP contribution in [0.2, 0.25) is 0 Å². The molecule has 0 fully saturated rings. The van der Waals surface area contributed by atoms with E-state index in [1.807, 2.05) is 0 Å². The lowest BCUT2D eigenvalue weighted by Gasteiger charge is -2.08. The van der Waals surface area contributed by atoms with Gasteiger partial charge in [-0.3, -0.25) is 10.1 Å². The van der Waals surface area contributed by atoms with Crippen molar-refractivity contribution in [1.29, 1.82) is 0 Å². The molecule has 0 radical (unpaired) electrons. The van der Waals surface area contributed by atoms with Gasteiger partial charge in [0, 0.05) is 12.1 Å². The molecule has 1 heterocycles. The minimum absolute atomic E-state index is 0.0703. The highest BCUT2D eigenvalue weighted by atomic mass is 32.2. The molecule has 0 bridgehead atoms. The number of esters is 1. The molecule has 0 unspecified atom stereocenters. The van der Waals surface area contributed by atoms with E-state index in [9.17, 15) is 23.3 Å². The molecule has 3 aromatic rings. The van der Waals surface area contributed by atoms with Gasteiger partial charge in [-0.1, -0.05) is 18.2 Å². The van der Waals surface area contributed by atoms with Crippen molar-refractivity contribution in [2.75, 3.05) is 7.11 Å². The van der Waals surface area contributed by atoms with Crippen LogP contribution in [-0.4, -0.2) is 36.2 Å². The maximum atomic E-state index is 12.7. The van der Waals surface area contributed by atoms with Gasteiger partial charge in [-0.05, 0) is 30.3 Å². The number of carbonyl (C=O) groups excluding carboxylic acids is 1. The first-order chi connectivity index (χ1) is 13.3. The molecular weight excluding hydrogens is 386 g/mol. The minimum atomic E-state index is -3.71. The van der Waals surface area contributed by atoms with Crippen molar-refractivity contribution in [1.82, 2.24) is 9.78 Å². The molecule has 2 aromatic carbocycles. The lowest BCUT2D eigenvalue weighted by Crippen LogP contribution is -2.10. The van der Waals surface area contributed by atoms with E-state index in [2.05, 4.69) is 9.84 Å². The largest absolute Gasteiger partial charge is 0.464 e. The summed E-state index contributed by atoms with van der Waals surface area (Å²) in [5, 5.41) is 14.9. The molecule has 0 aliphatic heterocycles. The topological polar surface area (TPSA) is 121 Å². The van der Waals surface area contributed by atoms with Crippen LogP contribution >= 0.6 is 0 Å². The van der Waals surface area contributed by atoms with Gasteiger partial charge in [0.05, 0.1) is 34.1 Å². The normalized spacial score (nSPS) is 11.2. The van der Waals surface area contributed by atoms with Gasteiger partial charge in [-0.15, -0.1) is 0 Å². The fourth-order valence-corrected chi connectivity index (χ4v) is 3.91. The summed E-state index contributed by atoms with van der Waals surface area (Å²) in [6.07, 6.45) is 0. The van der Waals surface area contributed by atoms with Crippen LogP contribution in [0.25, 0.3) is 5.69 Å². The average molecular weight is 401 g/mol. The van der Waals surface area contributed by atoms with Crippen LogP contribution in [0.1, 0.15) is 16.2 Å². The minimum Gasteiger partial charge on any atom is -0.464 e. The summed E-state index contributed by atoms with van der Waals surface area (Å²) >= 11 is 0. The number of sulfone groups is 1. The second-order valence-electron chi connectivity index (χ2n) is 5.77. The van der Waals surface area contributed by atoms with E-state index in [4.69, 9.17) is 0 Å². The Morgan fingerprint density at radius 1 is 1.14 bits per heavy atom. The predicted molar refractivity (Wildman–Crippen MR) is 98.9 cm³/mol. The zero-order valence-corrected chi connectivity index (χ0v) is 15.5. The molecular formula is C18H15N3O6S. The van der Waals surface area contributed by atoms with Crippen LogP contribution < -0.4 is 0 Å². The molecule has 9 nitrogen and oxygen atoms in total. The molecule has 0 amide bonds. The maximum Gasteiger partial charge on any atom is 0.358 e. The van der Waals surface area contributed by atoms with Crippen molar-refractivity contribution in [2.45, 2.75) is 10.6 Å². The first-order valence-corrected chi connectivity index (χ1v) is 9.67. The van der Waals surface area contributed by atoms with E-state index in [0.717, 1.165) is 0 Å². The standard InChI is InChI=1S/C18H15N3O6S/c1-27-18(22)17-11-15(12-28(25,26)16-5-3-2-4-6-16)20(19-17)13-7-9-14(10-8-13)21(23)24/h2-11H,12H2,1H3. The zero-order chi connectivity index (χ0) is 20.3. The Bertz CT molecular complexity index is 1120. The molecule has 3 rings (SSSR count).